The van der Waals surface area contributed by atoms with E-state index in [1.54, 1.807) is 30.3 Å². The Morgan fingerprint density at radius 2 is 1.76 bits per heavy atom. The molecule has 0 aliphatic carbocycles. The van der Waals surface area contributed by atoms with E-state index < -0.39 is 0 Å². The molecule has 34 heavy (non-hydrogen) atoms. The minimum Gasteiger partial charge on any atom is -0.493 e. The van der Waals surface area contributed by atoms with Crippen molar-refractivity contribution in [2.75, 3.05) is 58.4 Å². The van der Waals surface area contributed by atoms with Crippen LogP contribution in [0, 0.1) is 0 Å². The lowest BCUT2D eigenvalue weighted by atomic mass is 10.1. The Hall–Kier alpha value is -3.43. The number of carbonyl (C=O) groups excluding carboxylic acids is 3. The van der Waals surface area contributed by atoms with Crippen LogP contribution in [0.1, 0.15) is 44.4 Å². The average Bonchev–Trinajstić information content (AvgIpc) is 3.10. The molecule has 2 aromatic rings. The minimum atomic E-state index is -0.389. The fraction of sp³-hybridized carbons (Fsp3) is 0.400. The zero-order valence-electron chi connectivity index (χ0n) is 19.5. The molecule has 3 amide bonds. The molecule has 0 unspecified atom stereocenters. The van der Waals surface area contributed by atoms with Gasteiger partial charge in [0.15, 0.2) is 11.5 Å². The fourth-order valence-electron chi connectivity index (χ4n) is 4.14. The number of methoxy groups -OCH3 is 1. The van der Waals surface area contributed by atoms with Gasteiger partial charge in [0.1, 0.15) is 0 Å². The maximum Gasteiger partial charge on any atom is 0.261 e. The first-order valence-electron chi connectivity index (χ1n) is 11.4. The van der Waals surface area contributed by atoms with Crippen molar-refractivity contribution in [2.24, 2.45) is 0 Å². The minimum absolute atomic E-state index is 0.258. The topological polar surface area (TPSA) is 97.4 Å². The lowest BCUT2D eigenvalue weighted by Crippen LogP contribution is -2.39. The second-order valence-corrected chi connectivity index (χ2v) is 8.08. The molecule has 1 N–H and O–H groups in total. The molecule has 0 radical (unpaired) electrons. The summed E-state index contributed by atoms with van der Waals surface area (Å²) in [6.45, 7) is 6.66. The largest absolute Gasteiger partial charge is 0.493 e. The van der Waals surface area contributed by atoms with Gasteiger partial charge >= 0.3 is 0 Å². The van der Waals surface area contributed by atoms with Gasteiger partial charge in [-0.3, -0.25) is 24.2 Å². The van der Waals surface area contributed by atoms with Gasteiger partial charge < -0.3 is 19.5 Å². The van der Waals surface area contributed by atoms with Gasteiger partial charge in [-0.15, -0.1) is 0 Å². The van der Waals surface area contributed by atoms with Crippen molar-refractivity contribution in [3.05, 3.63) is 53.1 Å². The standard InChI is InChI=1S/C25H29N3O6/c1-3-34-21-8-6-18(16-22(21)32-2)26-23(29)17-5-7-19-20(15-17)25(31)28(24(19)30)10-4-9-27-11-13-33-14-12-27/h5-8,15-16H,3-4,9-14H2,1-2H3,(H,26,29). The maximum atomic E-state index is 12.9. The molecule has 2 aromatic carbocycles. The molecule has 0 aromatic heterocycles. The van der Waals surface area contributed by atoms with E-state index in [2.05, 4.69) is 10.2 Å². The third kappa shape index (κ3) is 5.05. The predicted octanol–water partition coefficient (Wildman–Crippen LogP) is 2.66. The van der Waals surface area contributed by atoms with E-state index in [9.17, 15) is 14.4 Å². The number of ether oxygens (including phenoxy) is 3. The summed E-state index contributed by atoms with van der Waals surface area (Å²) in [5.41, 5.74) is 1.41. The summed E-state index contributed by atoms with van der Waals surface area (Å²) in [6.07, 6.45) is 0.693. The third-order valence-corrected chi connectivity index (χ3v) is 5.91. The molecule has 2 aliphatic rings. The van der Waals surface area contributed by atoms with Crippen LogP contribution in [0.15, 0.2) is 36.4 Å². The van der Waals surface area contributed by atoms with Crippen molar-refractivity contribution in [1.29, 1.82) is 0 Å². The zero-order chi connectivity index (χ0) is 24.1. The Morgan fingerprint density at radius 1 is 1.00 bits per heavy atom. The molecule has 0 saturated carbocycles. The van der Waals surface area contributed by atoms with Crippen molar-refractivity contribution in [3.63, 3.8) is 0 Å². The number of imide groups is 1. The first kappa shape index (κ1) is 23.7. The van der Waals surface area contributed by atoms with Crippen LogP contribution in [0.4, 0.5) is 5.69 Å². The van der Waals surface area contributed by atoms with E-state index >= 15 is 0 Å². The number of benzene rings is 2. The van der Waals surface area contributed by atoms with Crippen LogP contribution < -0.4 is 14.8 Å². The lowest BCUT2D eigenvalue weighted by Gasteiger charge is -2.27. The molecule has 9 heteroatoms. The Bertz CT molecular complexity index is 1080. The zero-order valence-corrected chi connectivity index (χ0v) is 19.5. The first-order valence-corrected chi connectivity index (χ1v) is 11.4. The van der Waals surface area contributed by atoms with Gasteiger partial charge in [-0.2, -0.15) is 0 Å². The van der Waals surface area contributed by atoms with Gasteiger partial charge in [-0.1, -0.05) is 0 Å². The van der Waals surface area contributed by atoms with Crippen molar-refractivity contribution in [3.8, 4) is 11.5 Å². The van der Waals surface area contributed by atoms with E-state index in [0.717, 1.165) is 19.6 Å². The van der Waals surface area contributed by atoms with Crippen LogP contribution in [0.5, 0.6) is 11.5 Å². The summed E-state index contributed by atoms with van der Waals surface area (Å²) in [5.74, 6) is 0.0185. The smallest absolute Gasteiger partial charge is 0.261 e. The van der Waals surface area contributed by atoms with Crippen molar-refractivity contribution in [1.82, 2.24) is 9.80 Å². The highest BCUT2D eigenvalue weighted by Gasteiger charge is 2.35. The molecule has 2 aliphatic heterocycles. The first-order chi connectivity index (χ1) is 16.5. The van der Waals surface area contributed by atoms with Crippen LogP contribution in [-0.2, 0) is 4.74 Å². The number of hydrogen-bond acceptors (Lipinski definition) is 7. The van der Waals surface area contributed by atoms with Gasteiger partial charge in [-0.25, -0.2) is 0 Å². The molecule has 1 fully saturated rings. The highest BCUT2D eigenvalue weighted by atomic mass is 16.5. The molecule has 9 nitrogen and oxygen atoms in total. The Kier molecular flexibility index (Phi) is 7.44. The highest BCUT2D eigenvalue weighted by molar-refractivity contribution is 6.22. The molecular formula is C25H29N3O6. The Labute approximate surface area is 198 Å². The van der Waals surface area contributed by atoms with Crippen LogP contribution >= 0.6 is 0 Å². The van der Waals surface area contributed by atoms with Gasteiger partial charge in [0, 0.05) is 43.5 Å². The summed E-state index contributed by atoms with van der Waals surface area (Å²) >= 11 is 0. The van der Waals surface area contributed by atoms with Crippen molar-refractivity contribution in [2.45, 2.75) is 13.3 Å². The van der Waals surface area contributed by atoms with Crippen molar-refractivity contribution < 1.29 is 28.6 Å². The number of nitrogens with zero attached hydrogens (tertiary/aromatic N) is 2. The highest BCUT2D eigenvalue weighted by Crippen LogP contribution is 2.31. The molecule has 1 saturated heterocycles. The monoisotopic (exact) mass is 467 g/mol. The van der Waals surface area contributed by atoms with Crippen LogP contribution in [0.2, 0.25) is 0 Å². The second-order valence-electron chi connectivity index (χ2n) is 8.08. The number of nitrogens with one attached hydrogen (secondary N) is 1. The van der Waals surface area contributed by atoms with Crippen LogP contribution in [0.3, 0.4) is 0 Å². The molecule has 0 atom stereocenters. The number of morpholine rings is 1. The number of hydrogen-bond donors (Lipinski definition) is 1. The number of anilines is 1. The molecular weight excluding hydrogens is 438 g/mol. The normalized spacial score (nSPS) is 15.9. The number of rotatable bonds is 9. The van der Waals surface area contributed by atoms with Crippen LogP contribution in [-0.4, -0.2) is 80.6 Å². The fourth-order valence-corrected chi connectivity index (χ4v) is 4.14. The Balaban J connectivity index is 1.41. The lowest BCUT2D eigenvalue weighted by molar-refractivity contribution is 0.0355. The van der Waals surface area contributed by atoms with E-state index in [0.29, 0.717) is 61.1 Å². The average molecular weight is 468 g/mol. The number of amides is 3. The summed E-state index contributed by atoms with van der Waals surface area (Å²) in [5, 5.41) is 2.80. The quantitative estimate of drug-likeness (QED) is 0.566. The van der Waals surface area contributed by atoms with Gasteiger partial charge in [0.2, 0.25) is 0 Å². The van der Waals surface area contributed by atoms with Gasteiger partial charge in [-0.05, 0) is 43.7 Å². The SMILES string of the molecule is CCOc1ccc(NC(=O)c2ccc3c(c2)C(=O)N(CCCN2CCOCC2)C3=O)cc1OC. The molecule has 0 bridgehead atoms. The van der Waals surface area contributed by atoms with E-state index in [4.69, 9.17) is 14.2 Å². The molecule has 0 spiro atoms. The molecule has 180 valence electrons. The Morgan fingerprint density at radius 3 is 2.50 bits per heavy atom. The molecule has 4 rings (SSSR count). The van der Waals surface area contributed by atoms with Crippen molar-refractivity contribution >= 4 is 23.4 Å². The second kappa shape index (κ2) is 10.7. The summed E-state index contributed by atoms with van der Waals surface area (Å²) in [4.78, 5) is 42.0. The number of carbonyl (C=O) groups is 3. The van der Waals surface area contributed by atoms with E-state index in [1.807, 2.05) is 6.92 Å². The van der Waals surface area contributed by atoms with Crippen LogP contribution in [0.25, 0.3) is 0 Å². The maximum absolute atomic E-state index is 12.9. The predicted molar refractivity (Wildman–Crippen MR) is 126 cm³/mol. The van der Waals surface area contributed by atoms with E-state index in [-0.39, 0.29) is 23.3 Å². The van der Waals surface area contributed by atoms with Gasteiger partial charge in [0.25, 0.3) is 17.7 Å². The van der Waals surface area contributed by atoms with Gasteiger partial charge in [0.05, 0.1) is 38.1 Å². The summed E-state index contributed by atoms with van der Waals surface area (Å²) in [7, 11) is 1.53. The molecule has 2 heterocycles. The third-order valence-electron chi connectivity index (χ3n) is 5.91. The van der Waals surface area contributed by atoms with E-state index in [1.165, 1.54) is 18.1 Å². The summed E-state index contributed by atoms with van der Waals surface area (Å²) < 4.78 is 16.2. The summed E-state index contributed by atoms with van der Waals surface area (Å²) in [6, 6.07) is 9.69. The number of fused-ring (bicyclic) bond motifs is 1.